The van der Waals surface area contributed by atoms with Crippen molar-refractivity contribution in [3.63, 3.8) is 0 Å². The van der Waals surface area contributed by atoms with Gasteiger partial charge in [-0.25, -0.2) is 9.78 Å². The second-order valence-corrected chi connectivity index (χ2v) is 9.96. The molecule has 1 atom stereocenters. The third-order valence-electron chi connectivity index (χ3n) is 6.95. The van der Waals surface area contributed by atoms with Crippen molar-refractivity contribution in [2.45, 2.75) is 38.2 Å². The first kappa shape index (κ1) is 25.0. The zero-order valence-electron chi connectivity index (χ0n) is 21.2. The molecule has 1 unspecified atom stereocenters. The Morgan fingerprint density at radius 2 is 1.95 bits per heavy atom. The number of piperidine rings is 1. The lowest BCUT2D eigenvalue weighted by molar-refractivity contribution is -0.119. The van der Waals surface area contributed by atoms with E-state index in [0.29, 0.717) is 31.1 Å². The molecule has 38 heavy (non-hydrogen) atoms. The molecule has 6 N–H and O–H groups in total. The Balaban J connectivity index is 1.54. The van der Waals surface area contributed by atoms with Crippen LogP contribution in [0.1, 0.15) is 42.6 Å². The number of benzene rings is 2. The first-order valence-electron chi connectivity index (χ1n) is 12.3. The molecule has 0 spiro atoms. The van der Waals surface area contributed by atoms with Crippen LogP contribution in [0.15, 0.2) is 48.7 Å². The maximum atomic E-state index is 12.8. The van der Waals surface area contributed by atoms with Gasteiger partial charge >= 0.3 is 6.09 Å². The number of ether oxygens (including phenoxy) is 1. The minimum absolute atomic E-state index is 0.0955. The number of anilines is 4. The summed E-state index contributed by atoms with van der Waals surface area (Å²) in [6.07, 6.45) is 1.61. The lowest BCUT2D eigenvalue weighted by atomic mass is 9.84. The summed E-state index contributed by atoms with van der Waals surface area (Å²) in [7, 11) is 0. The van der Waals surface area contributed by atoms with Gasteiger partial charge in [0.05, 0.1) is 17.6 Å². The van der Waals surface area contributed by atoms with Gasteiger partial charge in [0.15, 0.2) is 0 Å². The van der Waals surface area contributed by atoms with Crippen molar-refractivity contribution in [2.24, 2.45) is 11.5 Å². The van der Waals surface area contributed by atoms with Crippen LogP contribution in [-0.2, 0) is 14.9 Å². The van der Waals surface area contributed by atoms with Crippen molar-refractivity contribution in [3.8, 4) is 11.1 Å². The van der Waals surface area contributed by atoms with E-state index >= 15 is 0 Å². The predicted octanol–water partition coefficient (Wildman–Crippen LogP) is 3.28. The van der Waals surface area contributed by atoms with Crippen LogP contribution in [0.25, 0.3) is 11.1 Å². The minimum atomic E-state index is -0.828. The highest BCUT2D eigenvalue weighted by atomic mass is 16.6. The van der Waals surface area contributed by atoms with Crippen LogP contribution < -0.4 is 27.0 Å². The first-order chi connectivity index (χ1) is 18.1. The maximum Gasteiger partial charge on any atom is 0.404 e. The minimum Gasteiger partial charge on any atom is -0.445 e. The predicted molar refractivity (Wildman–Crippen MR) is 143 cm³/mol. The molecule has 11 heteroatoms. The van der Waals surface area contributed by atoms with E-state index in [4.69, 9.17) is 16.2 Å². The number of hydrogen-bond acceptors (Lipinski definition) is 8. The van der Waals surface area contributed by atoms with Crippen LogP contribution in [0.4, 0.5) is 27.9 Å². The number of fused-ring (bicyclic) bond motifs is 1. The number of carbonyl (C=O) groups excluding carboxylic acids is 3. The number of aromatic nitrogens is 2. The largest absolute Gasteiger partial charge is 0.445 e. The third-order valence-corrected chi connectivity index (χ3v) is 6.95. The molecule has 3 amide bonds. The van der Waals surface area contributed by atoms with Gasteiger partial charge in [-0.05, 0) is 49.9 Å². The Kier molecular flexibility index (Phi) is 6.35. The standard InChI is InChI=1S/C27H29N7O4/c1-27(2)20-12-16(11-18(21(20)32-24(27)36)15-7-4-3-5-8-15)31-23-19(22(28)35)13-30-26(33-23)34-10-6-9-17(14-34)38-25(29)37/h3-5,7-8,11-13,17H,6,9-10,14H2,1-2H3,(H2,28,35)(H2,29,37)(H,32,36)(H,30,31,33). The van der Waals surface area contributed by atoms with Gasteiger partial charge in [0.25, 0.3) is 5.91 Å². The van der Waals surface area contributed by atoms with E-state index in [1.165, 1.54) is 6.20 Å². The second kappa shape index (κ2) is 9.66. The van der Waals surface area contributed by atoms with Crippen LogP contribution in [0.2, 0.25) is 0 Å². The Morgan fingerprint density at radius 3 is 2.66 bits per heavy atom. The monoisotopic (exact) mass is 515 g/mol. The van der Waals surface area contributed by atoms with Gasteiger partial charge in [0, 0.05) is 24.0 Å². The van der Waals surface area contributed by atoms with Crippen LogP contribution in [0.3, 0.4) is 0 Å². The van der Waals surface area contributed by atoms with Gasteiger partial charge in [0.2, 0.25) is 11.9 Å². The van der Waals surface area contributed by atoms with Gasteiger partial charge in [-0.2, -0.15) is 4.98 Å². The normalized spacial score (nSPS) is 17.9. The van der Waals surface area contributed by atoms with Gasteiger partial charge in [0.1, 0.15) is 17.5 Å². The second-order valence-electron chi connectivity index (χ2n) is 9.96. The van der Waals surface area contributed by atoms with E-state index in [9.17, 15) is 14.4 Å². The number of carbonyl (C=O) groups is 3. The fourth-order valence-corrected chi connectivity index (χ4v) is 4.90. The van der Waals surface area contributed by atoms with Crippen LogP contribution in [0.5, 0.6) is 0 Å². The Labute approximate surface area is 219 Å². The molecule has 2 aliphatic heterocycles. The fraction of sp³-hybridized carbons (Fsp3) is 0.296. The molecule has 196 valence electrons. The number of nitrogens with two attached hydrogens (primary N) is 2. The zero-order valence-corrected chi connectivity index (χ0v) is 21.2. The van der Waals surface area contributed by atoms with Crippen molar-refractivity contribution in [3.05, 3.63) is 59.8 Å². The van der Waals surface area contributed by atoms with Crippen LogP contribution in [-0.4, -0.2) is 47.1 Å². The quantitative estimate of drug-likeness (QED) is 0.388. The van der Waals surface area contributed by atoms with E-state index in [1.807, 2.05) is 61.2 Å². The average Bonchev–Trinajstić information content (AvgIpc) is 3.12. The fourth-order valence-electron chi connectivity index (χ4n) is 4.90. The highest BCUT2D eigenvalue weighted by molar-refractivity contribution is 6.10. The van der Waals surface area contributed by atoms with E-state index in [2.05, 4.69) is 20.6 Å². The summed E-state index contributed by atoms with van der Waals surface area (Å²) in [5, 5.41) is 6.27. The van der Waals surface area contributed by atoms with Gasteiger partial charge in [-0.1, -0.05) is 30.3 Å². The van der Waals surface area contributed by atoms with E-state index in [0.717, 1.165) is 28.8 Å². The number of nitrogens with zero attached hydrogens (tertiary/aromatic N) is 3. The van der Waals surface area contributed by atoms with E-state index in [-0.39, 0.29) is 23.4 Å². The molecular formula is C27H29N7O4. The molecule has 3 aromatic rings. The van der Waals surface area contributed by atoms with Crippen molar-refractivity contribution in [1.82, 2.24) is 9.97 Å². The molecule has 1 saturated heterocycles. The highest BCUT2D eigenvalue weighted by Crippen LogP contribution is 2.45. The molecule has 11 nitrogen and oxygen atoms in total. The zero-order chi connectivity index (χ0) is 27.0. The molecule has 2 aromatic carbocycles. The smallest absolute Gasteiger partial charge is 0.404 e. The third kappa shape index (κ3) is 4.70. The van der Waals surface area contributed by atoms with Gasteiger partial charge < -0.3 is 31.7 Å². The topological polar surface area (TPSA) is 166 Å². The maximum absolute atomic E-state index is 12.8. The van der Waals surface area contributed by atoms with Crippen molar-refractivity contribution in [1.29, 1.82) is 0 Å². The Morgan fingerprint density at radius 1 is 1.18 bits per heavy atom. The summed E-state index contributed by atoms with van der Waals surface area (Å²) >= 11 is 0. The Hall–Kier alpha value is -4.67. The lowest BCUT2D eigenvalue weighted by Gasteiger charge is -2.32. The summed E-state index contributed by atoms with van der Waals surface area (Å²) in [6, 6.07) is 13.5. The Bertz CT molecular complexity index is 1420. The van der Waals surface area contributed by atoms with E-state index in [1.54, 1.807) is 0 Å². The summed E-state index contributed by atoms with van der Waals surface area (Å²) < 4.78 is 5.18. The van der Waals surface area contributed by atoms with Gasteiger partial charge in [-0.15, -0.1) is 0 Å². The summed E-state index contributed by atoms with van der Waals surface area (Å²) in [5.74, 6) is -0.192. The molecule has 0 aliphatic carbocycles. The number of rotatable bonds is 6. The molecule has 5 rings (SSSR count). The SMILES string of the molecule is CC1(C)C(=O)Nc2c(-c3ccccc3)cc(Nc3nc(N4CCCC(OC(N)=O)C4)ncc3C(N)=O)cc21. The number of nitrogens with one attached hydrogen (secondary N) is 2. The van der Waals surface area contributed by atoms with Crippen molar-refractivity contribution < 1.29 is 19.1 Å². The summed E-state index contributed by atoms with van der Waals surface area (Å²) in [6.45, 7) is 4.75. The summed E-state index contributed by atoms with van der Waals surface area (Å²) in [4.78, 5) is 47.1. The van der Waals surface area contributed by atoms with Crippen LogP contribution >= 0.6 is 0 Å². The molecule has 0 saturated carbocycles. The average molecular weight is 516 g/mol. The molecule has 3 heterocycles. The van der Waals surface area contributed by atoms with Crippen LogP contribution in [0, 0.1) is 0 Å². The molecule has 1 fully saturated rings. The first-order valence-corrected chi connectivity index (χ1v) is 12.3. The number of primary amides is 2. The van der Waals surface area contributed by atoms with Gasteiger partial charge in [-0.3, -0.25) is 9.59 Å². The van der Waals surface area contributed by atoms with Crippen molar-refractivity contribution >= 4 is 41.0 Å². The molecular weight excluding hydrogens is 486 g/mol. The van der Waals surface area contributed by atoms with Crippen molar-refractivity contribution in [2.75, 3.05) is 28.6 Å². The van der Waals surface area contributed by atoms with E-state index < -0.39 is 17.4 Å². The summed E-state index contributed by atoms with van der Waals surface area (Å²) in [5.41, 5.74) is 14.2. The highest BCUT2D eigenvalue weighted by Gasteiger charge is 2.40. The molecule has 0 radical (unpaired) electrons. The lowest BCUT2D eigenvalue weighted by Crippen LogP contribution is -2.42. The molecule has 1 aromatic heterocycles. The molecule has 0 bridgehead atoms. The molecule has 2 aliphatic rings. The number of hydrogen-bond donors (Lipinski definition) is 4. The number of amides is 3.